The number of aliphatic imine (C=N–C) groups is 1. The monoisotopic (exact) mass is 320 g/mol. The summed E-state index contributed by atoms with van der Waals surface area (Å²) in [6, 6.07) is 0. The van der Waals surface area contributed by atoms with Crippen molar-refractivity contribution in [3.8, 4) is 0 Å². The van der Waals surface area contributed by atoms with E-state index in [0.717, 1.165) is 10.9 Å². The molecule has 1 heterocycles. The van der Waals surface area contributed by atoms with Crippen LogP contribution in [0.2, 0.25) is 0 Å². The molecule has 2 N–H and O–H groups in total. The first-order valence-corrected chi connectivity index (χ1v) is 9.25. The van der Waals surface area contributed by atoms with E-state index in [1.54, 1.807) is 10.8 Å². The summed E-state index contributed by atoms with van der Waals surface area (Å²) in [6.45, 7) is 2.37. The molecule has 1 atom stereocenters. The fraction of sp³-hybridized carbons (Fsp3) is 0.600. The lowest BCUT2D eigenvalue weighted by molar-refractivity contribution is 1.11. The van der Waals surface area contributed by atoms with E-state index in [2.05, 4.69) is 33.1 Å². The van der Waals surface area contributed by atoms with Gasteiger partial charge in [0.2, 0.25) is 0 Å². The van der Waals surface area contributed by atoms with Crippen LogP contribution in [0.15, 0.2) is 4.99 Å². The van der Waals surface area contributed by atoms with Crippen LogP contribution in [0.1, 0.15) is 13.3 Å². The highest BCUT2D eigenvalue weighted by molar-refractivity contribution is 14.2. The summed E-state index contributed by atoms with van der Waals surface area (Å²) in [7, 11) is 1.66. The molecule has 1 rings (SSSR count). The maximum Gasteiger partial charge on any atom is 0.171 e. The second-order valence-electron chi connectivity index (χ2n) is 1.87. The molecule has 0 spiro atoms. The highest BCUT2D eigenvalue weighted by atomic mass is 127. The second kappa shape index (κ2) is 4.98. The van der Waals surface area contributed by atoms with E-state index in [9.17, 15) is 0 Å². The number of nitrogens with zero attached hydrogens (tertiary/aromatic N) is 1. The average Bonchev–Trinajstić information content (AvgIpc) is 2.26. The first kappa shape index (κ1) is 10.2. The Morgan fingerprint density at radius 3 is 3.00 bits per heavy atom. The van der Waals surface area contributed by atoms with Gasteiger partial charge >= 0.3 is 0 Å². The normalized spacial score (nSPS) is 24.0. The number of hydrogen-bond donors (Lipinski definition) is 1. The third kappa shape index (κ3) is 3.16. The van der Waals surface area contributed by atoms with Crippen molar-refractivity contribution >= 4 is 59.9 Å². The van der Waals surface area contributed by atoms with E-state index in [1.165, 1.54) is 10.7 Å². The van der Waals surface area contributed by atoms with Gasteiger partial charge in [-0.2, -0.15) is 0 Å². The Morgan fingerprint density at radius 1 is 1.82 bits per heavy atom. The quantitative estimate of drug-likeness (QED) is 0.483. The van der Waals surface area contributed by atoms with Crippen LogP contribution in [-0.2, 0) is 0 Å². The van der Waals surface area contributed by atoms with Crippen molar-refractivity contribution in [1.29, 1.82) is 0 Å². The number of halogens is 1. The first-order chi connectivity index (χ1) is 5.24. The predicted octanol–water partition coefficient (Wildman–Crippen LogP) is 2.81. The fourth-order valence-corrected chi connectivity index (χ4v) is 7.04. The van der Waals surface area contributed by atoms with Crippen LogP contribution in [0.4, 0.5) is 0 Å². The van der Waals surface area contributed by atoms with Crippen LogP contribution < -0.4 is 5.73 Å². The van der Waals surface area contributed by atoms with Crippen molar-refractivity contribution in [3.63, 3.8) is 0 Å². The van der Waals surface area contributed by atoms with Crippen molar-refractivity contribution < 1.29 is 0 Å². The minimum absolute atomic E-state index is 0.195. The minimum atomic E-state index is 0.195. The Kier molecular flexibility index (Phi) is 4.62. The van der Waals surface area contributed by atoms with E-state index in [-0.39, 0.29) is 6.69 Å². The summed E-state index contributed by atoms with van der Waals surface area (Å²) in [6.07, 6.45) is 1.20. The third-order valence-corrected chi connectivity index (χ3v) is 9.01. The van der Waals surface area contributed by atoms with Gasteiger partial charge in [0.15, 0.2) is 5.17 Å². The number of hydrogen-bond acceptors (Lipinski definition) is 4. The maximum atomic E-state index is 5.57. The lowest BCUT2D eigenvalue weighted by Crippen LogP contribution is -2.02. The molecule has 0 fully saturated rings. The van der Waals surface area contributed by atoms with Crippen LogP contribution in [-0.4, -0.2) is 15.2 Å². The van der Waals surface area contributed by atoms with Crippen LogP contribution in [0.3, 0.4) is 0 Å². The van der Waals surface area contributed by atoms with E-state index in [1.807, 2.05) is 11.8 Å². The molecule has 0 amide bonds. The van der Waals surface area contributed by atoms with Crippen LogP contribution in [0, 0.1) is 0 Å². The Morgan fingerprint density at radius 2 is 2.55 bits per heavy atom. The molecule has 0 aromatic carbocycles. The van der Waals surface area contributed by atoms with Crippen LogP contribution >= 0.6 is 50.4 Å². The number of thioether (sulfide) groups is 1. The van der Waals surface area contributed by atoms with E-state index in [4.69, 9.17) is 5.73 Å². The molecule has 0 radical (unpaired) electrons. The predicted molar refractivity (Wildman–Crippen MR) is 68.6 cm³/mol. The number of nitrogens with two attached hydrogens (primary N) is 1. The molecule has 0 aromatic heterocycles. The molecule has 2 nitrogen and oxygen atoms in total. The first-order valence-electron chi connectivity index (χ1n) is 3.17. The summed E-state index contributed by atoms with van der Waals surface area (Å²) < 4.78 is 1.20. The van der Waals surface area contributed by atoms with Gasteiger partial charge in [-0.1, -0.05) is 18.7 Å². The summed E-state index contributed by atoms with van der Waals surface area (Å²) in [5.41, 5.74) is 5.57. The highest BCUT2D eigenvalue weighted by Gasteiger charge is 2.13. The van der Waals surface area contributed by atoms with Gasteiger partial charge in [0, 0.05) is 21.2 Å². The fourth-order valence-electron chi connectivity index (χ4n) is 0.523. The molecule has 1 aliphatic rings. The zero-order chi connectivity index (χ0) is 8.27. The van der Waals surface area contributed by atoms with Gasteiger partial charge in [0.05, 0.1) is 0 Å². The molecule has 1 aliphatic heterocycles. The topological polar surface area (TPSA) is 38.4 Å². The van der Waals surface area contributed by atoms with Crippen molar-refractivity contribution in [3.05, 3.63) is 0 Å². The summed E-state index contributed by atoms with van der Waals surface area (Å²) in [5, 5.41) is 0.723. The number of rotatable bonds is 2. The van der Waals surface area contributed by atoms with Gasteiger partial charge in [-0.25, -0.2) is 4.99 Å². The molecule has 0 bridgehead atoms. The van der Waals surface area contributed by atoms with Crippen molar-refractivity contribution in [2.45, 2.75) is 13.3 Å². The molecule has 1 unspecified atom stereocenters. The minimum Gasteiger partial charge on any atom is -0.377 e. The lowest BCUT2D eigenvalue weighted by atomic mass is 10.6. The summed E-state index contributed by atoms with van der Waals surface area (Å²) in [4.78, 5) is 4.25. The van der Waals surface area contributed by atoms with E-state index in [0.29, 0.717) is 0 Å². The maximum absolute atomic E-state index is 5.57. The molecule has 0 saturated carbocycles. The summed E-state index contributed by atoms with van der Waals surface area (Å²) >= 11 is 4.22. The zero-order valence-electron chi connectivity index (χ0n) is 6.04. The second-order valence-corrected chi connectivity index (χ2v) is 10.6. The SMILES string of the molecule is CCCSC1=S(I)SC(N)=N1. The van der Waals surface area contributed by atoms with Gasteiger partial charge in [-0.15, -0.1) is 0 Å². The lowest BCUT2D eigenvalue weighted by Gasteiger charge is -1.95. The van der Waals surface area contributed by atoms with E-state index >= 15 is 0 Å². The molecule has 0 aliphatic carbocycles. The molecule has 11 heavy (non-hydrogen) atoms. The zero-order valence-corrected chi connectivity index (χ0v) is 10.6. The van der Waals surface area contributed by atoms with Gasteiger partial charge in [-0.05, 0) is 29.7 Å². The van der Waals surface area contributed by atoms with E-state index < -0.39 is 0 Å². The Labute approximate surface area is 89.1 Å². The molecule has 0 saturated heterocycles. The van der Waals surface area contributed by atoms with Gasteiger partial charge in [-0.3, -0.25) is 0 Å². The molecule has 64 valence electrons. The Hall–Kier alpha value is 1.12. The Bertz CT molecular complexity index is 214. The van der Waals surface area contributed by atoms with Gasteiger partial charge < -0.3 is 5.73 Å². The van der Waals surface area contributed by atoms with Crippen molar-refractivity contribution in [1.82, 2.24) is 0 Å². The standard InChI is InChI=1S/C5H9IN2S3/c1-2-3-9-5-8-4(7)10-11(5)6/h2-3H2,1H3,(H2,7,8). The van der Waals surface area contributed by atoms with Gasteiger partial charge in [0.25, 0.3) is 0 Å². The Balaban J connectivity index is 2.48. The van der Waals surface area contributed by atoms with Crippen LogP contribution in [0.25, 0.3) is 0 Å². The third-order valence-electron chi connectivity index (χ3n) is 0.927. The van der Waals surface area contributed by atoms with Crippen molar-refractivity contribution in [2.24, 2.45) is 10.7 Å². The number of amidine groups is 1. The summed E-state index contributed by atoms with van der Waals surface area (Å²) in [5.74, 6) is 1.15. The highest BCUT2D eigenvalue weighted by Crippen LogP contribution is 2.46. The van der Waals surface area contributed by atoms with Crippen molar-refractivity contribution in [2.75, 3.05) is 5.75 Å². The molecule has 6 heteroatoms. The largest absolute Gasteiger partial charge is 0.377 e. The molecule has 0 aromatic rings. The molecular weight excluding hydrogens is 311 g/mol. The van der Waals surface area contributed by atoms with Crippen LogP contribution in [0.5, 0.6) is 0 Å². The smallest absolute Gasteiger partial charge is 0.171 e. The average molecular weight is 320 g/mol. The van der Waals surface area contributed by atoms with Gasteiger partial charge in [0.1, 0.15) is 4.32 Å². The molecular formula is C5H9IN2S3.